The number of aryl methyl sites for hydroxylation is 1. The lowest BCUT2D eigenvalue weighted by atomic mass is 10.00. The van der Waals surface area contributed by atoms with Crippen LogP contribution in [-0.2, 0) is 11.2 Å². The first-order chi connectivity index (χ1) is 11.6. The van der Waals surface area contributed by atoms with Gasteiger partial charge in [-0.3, -0.25) is 9.69 Å². The molecule has 6 heteroatoms. The van der Waals surface area contributed by atoms with Crippen LogP contribution >= 0.6 is 0 Å². The Bertz CT molecular complexity index is 529. The van der Waals surface area contributed by atoms with Gasteiger partial charge in [-0.15, -0.1) is 0 Å². The lowest BCUT2D eigenvalue weighted by Crippen LogP contribution is -2.58. The monoisotopic (exact) mass is 331 g/mol. The Balaban J connectivity index is 1.47. The Morgan fingerprint density at radius 3 is 2.71 bits per heavy atom. The highest BCUT2D eigenvalue weighted by atomic mass is 16.2. The number of carbonyl (C=O) groups is 1. The SMILES string of the molecule is CC1CN(C(=O)CCc2ccncn2)CCN1C1CCN(C)CC1. The van der Waals surface area contributed by atoms with E-state index >= 15 is 0 Å². The molecular formula is C18H29N5O. The zero-order valence-corrected chi connectivity index (χ0v) is 14.9. The predicted octanol–water partition coefficient (Wildman–Crippen LogP) is 1.04. The van der Waals surface area contributed by atoms with Crippen molar-refractivity contribution in [2.45, 2.75) is 44.7 Å². The molecule has 0 N–H and O–H groups in total. The fourth-order valence-electron chi connectivity index (χ4n) is 3.93. The van der Waals surface area contributed by atoms with E-state index in [1.807, 2.05) is 11.0 Å². The van der Waals surface area contributed by atoms with Crippen LogP contribution in [-0.4, -0.2) is 82.4 Å². The summed E-state index contributed by atoms with van der Waals surface area (Å²) in [7, 11) is 2.20. The third kappa shape index (κ3) is 4.30. The standard InChI is InChI=1S/C18H29N5O/c1-15-13-22(18(24)4-3-16-5-8-19-14-20-16)11-12-23(15)17-6-9-21(2)10-7-17/h5,8,14-15,17H,3-4,6-7,9-13H2,1-2H3. The van der Waals surface area contributed by atoms with E-state index in [0.717, 1.165) is 25.3 Å². The molecule has 0 bridgehead atoms. The van der Waals surface area contributed by atoms with Gasteiger partial charge in [-0.2, -0.15) is 0 Å². The van der Waals surface area contributed by atoms with Crippen molar-refractivity contribution in [3.63, 3.8) is 0 Å². The number of rotatable bonds is 4. The van der Waals surface area contributed by atoms with Crippen molar-refractivity contribution in [2.75, 3.05) is 39.8 Å². The van der Waals surface area contributed by atoms with E-state index in [1.165, 1.54) is 25.9 Å². The van der Waals surface area contributed by atoms with Crippen LogP contribution in [0.15, 0.2) is 18.6 Å². The van der Waals surface area contributed by atoms with Crippen LogP contribution in [0.5, 0.6) is 0 Å². The molecule has 2 aliphatic rings. The molecule has 0 aromatic carbocycles. The van der Waals surface area contributed by atoms with Crippen LogP contribution in [0.4, 0.5) is 0 Å². The predicted molar refractivity (Wildman–Crippen MR) is 93.6 cm³/mol. The van der Waals surface area contributed by atoms with Gasteiger partial charge in [0, 0.05) is 50.0 Å². The Hall–Kier alpha value is -1.53. The summed E-state index contributed by atoms with van der Waals surface area (Å²) in [4.78, 5) is 27.7. The summed E-state index contributed by atoms with van der Waals surface area (Å²) >= 11 is 0. The number of piperazine rings is 1. The normalized spacial score (nSPS) is 24.2. The highest BCUT2D eigenvalue weighted by Crippen LogP contribution is 2.21. The van der Waals surface area contributed by atoms with Crippen molar-refractivity contribution in [1.29, 1.82) is 0 Å². The summed E-state index contributed by atoms with van der Waals surface area (Å²) in [5.74, 6) is 0.253. The van der Waals surface area contributed by atoms with Crippen LogP contribution in [0.3, 0.4) is 0 Å². The molecule has 1 unspecified atom stereocenters. The van der Waals surface area contributed by atoms with Gasteiger partial charge in [0.15, 0.2) is 0 Å². The Morgan fingerprint density at radius 2 is 2.04 bits per heavy atom. The molecule has 0 radical (unpaired) electrons. The Kier molecular flexibility index (Phi) is 5.79. The molecule has 1 amide bonds. The van der Waals surface area contributed by atoms with Crippen molar-refractivity contribution in [1.82, 2.24) is 24.7 Å². The maximum Gasteiger partial charge on any atom is 0.223 e. The van der Waals surface area contributed by atoms with Crippen LogP contribution in [0.2, 0.25) is 0 Å². The largest absolute Gasteiger partial charge is 0.340 e. The highest BCUT2D eigenvalue weighted by molar-refractivity contribution is 5.76. The summed E-state index contributed by atoms with van der Waals surface area (Å²) in [5.41, 5.74) is 0.941. The van der Waals surface area contributed by atoms with E-state index in [0.29, 0.717) is 24.9 Å². The van der Waals surface area contributed by atoms with Gasteiger partial charge in [0.05, 0.1) is 0 Å². The molecule has 2 fully saturated rings. The summed E-state index contributed by atoms with van der Waals surface area (Å²) in [6.45, 7) is 7.37. The van der Waals surface area contributed by atoms with E-state index in [-0.39, 0.29) is 5.91 Å². The molecule has 1 aromatic rings. The molecule has 0 saturated carbocycles. The molecule has 1 atom stereocenters. The molecule has 3 rings (SSSR count). The quantitative estimate of drug-likeness (QED) is 0.825. The van der Waals surface area contributed by atoms with Gasteiger partial charge >= 0.3 is 0 Å². The summed E-state index contributed by atoms with van der Waals surface area (Å²) in [6.07, 6.45) is 7.02. The maximum atomic E-state index is 12.5. The molecular weight excluding hydrogens is 302 g/mol. The Labute approximate surface area is 144 Å². The first-order valence-electron chi connectivity index (χ1n) is 9.10. The van der Waals surface area contributed by atoms with Crippen LogP contribution in [0.25, 0.3) is 0 Å². The summed E-state index contributed by atoms with van der Waals surface area (Å²) in [5, 5.41) is 0. The van der Waals surface area contributed by atoms with E-state index in [4.69, 9.17) is 0 Å². The van der Waals surface area contributed by atoms with E-state index < -0.39 is 0 Å². The summed E-state index contributed by atoms with van der Waals surface area (Å²) < 4.78 is 0. The second-order valence-corrected chi connectivity index (χ2v) is 7.16. The Morgan fingerprint density at radius 1 is 1.25 bits per heavy atom. The molecule has 2 saturated heterocycles. The number of hydrogen-bond donors (Lipinski definition) is 0. The van der Waals surface area contributed by atoms with Gasteiger partial charge in [-0.25, -0.2) is 9.97 Å². The third-order valence-electron chi connectivity index (χ3n) is 5.43. The average molecular weight is 331 g/mol. The number of amides is 1. The average Bonchev–Trinajstić information content (AvgIpc) is 2.61. The molecule has 24 heavy (non-hydrogen) atoms. The van der Waals surface area contributed by atoms with Gasteiger partial charge in [-0.1, -0.05) is 0 Å². The molecule has 132 valence electrons. The molecule has 6 nitrogen and oxygen atoms in total. The number of aromatic nitrogens is 2. The minimum Gasteiger partial charge on any atom is -0.340 e. The van der Waals surface area contributed by atoms with Crippen LogP contribution < -0.4 is 0 Å². The second-order valence-electron chi connectivity index (χ2n) is 7.16. The minimum absolute atomic E-state index is 0.253. The lowest BCUT2D eigenvalue weighted by Gasteiger charge is -2.46. The van der Waals surface area contributed by atoms with Crippen molar-refractivity contribution in [3.05, 3.63) is 24.3 Å². The zero-order chi connectivity index (χ0) is 16.9. The maximum absolute atomic E-state index is 12.5. The van der Waals surface area contributed by atoms with E-state index in [2.05, 4.69) is 33.7 Å². The smallest absolute Gasteiger partial charge is 0.223 e. The molecule has 3 heterocycles. The lowest BCUT2D eigenvalue weighted by molar-refractivity contribution is -0.134. The fourth-order valence-corrected chi connectivity index (χ4v) is 3.93. The van der Waals surface area contributed by atoms with Crippen molar-refractivity contribution in [3.8, 4) is 0 Å². The zero-order valence-electron chi connectivity index (χ0n) is 14.9. The van der Waals surface area contributed by atoms with E-state index in [9.17, 15) is 4.79 Å². The molecule has 1 aromatic heterocycles. The third-order valence-corrected chi connectivity index (χ3v) is 5.43. The molecule has 0 aliphatic carbocycles. The summed E-state index contributed by atoms with van der Waals surface area (Å²) in [6, 6.07) is 3.03. The van der Waals surface area contributed by atoms with Gasteiger partial charge < -0.3 is 9.80 Å². The van der Waals surface area contributed by atoms with Crippen molar-refractivity contribution >= 4 is 5.91 Å². The number of likely N-dealkylation sites (tertiary alicyclic amines) is 1. The molecule has 2 aliphatic heterocycles. The van der Waals surface area contributed by atoms with Gasteiger partial charge in [0.1, 0.15) is 6.33 Å². The molecule has 0 spiro atoms. The first kappa shape index (κ1) is 17.3. The first-order valence-corrected chi connectivity index (χ1v) is 9.10. The van der Waals surface area contributed by atoms with Gasteiger partial charge in [0.2, 0.25) is 5.91 Å². The minimum atomic E-state index is 0.253. The van der Waals surface area contributed by atoms with Crippen LogP contribution in [0.1, 0.15) is 31.9 Å². The van der Waals surface area contributed by atoms with Gasteiger partial charge in [-0.05, 0) is 52.4 Å². The second kappa shape index (κ2) is 8.03. The van der Waals surface area contributed by atoms with Crippen LogP contribution in [0, 0.1) is 0 Å². The number of nitrogens with zero attached hydrogens (tertiary/aromatic N) is 5. The highest BCUT2D eigenvalue weighted by Gasteiger charge is 2.32. The number of hydrogen-bond acceptors (Lipinski definition) is 5. The van der Waals surface area contributed by atoms with Gasteiger partial charge in [0.25, 0.3) is 0 Å². The topological polar surface area (TPSA) is 52.6 Å². The number of piperidine rings is 1. The number of carbonyl (C=O) groups excluding carboxylic acids is 1. The van der Waals surface area contributed by atoms with E-state index in [1.54, 1.807) is 12.5 Å². The van der Waals surface area contributed by atoms with Crippen molar-refractivity contribution < 1.29 is 4.79 Å². The fraction of sp³-hybridized carbons (Fsp3) is 0.722. The van der Waals surface area contributed by atoms with Crippen molar-refractivity contribution in [2.24, 2.45) is 0 Å².